The van der Waals surface area contributed by atoms with Crippen LogP contribution in [0.1, 0.15) is 34.3 Å². The topological polar surface area (TPSA) is 42.9 Å². The zero-order valence-corrected chi connectivity index (χ0v) is 12.3. The van der Waals surface area contributed by atoms with Crippen molar-refractivity contribution in [2.45, 2.75) is 19.4 Å². The Hall–Kier alpha value is -1.13. The Bertz CT molecular complexity index is 533. The second kappa shape index (κ2) is 5.47. The normalized spacial score (nSPS) is 19.7. The number of hydrogen-bond donors (Lipinski definition) is 1. The summed E-state index contributed by atoms with van der Waals surface area (Å²) in [6.45, 7) is 2.83. The van der Waals surface area contributed by atoms with Crippen molar-refractivity contribution >= 4 is 28.0 Å². The summed E-state index contributed by atoms with van der Waals surface area (Å²) in [6.07, 6.45) is 6.97. The number of allylic oxidation sites excluding steroid dienone is 1. The standard InChI is InChI=1S/C15H16BrNO2/c16-14-11(2-1-10-5-7-17-8-6-10)3-4-12-13(14)9-19-15(12)18/h1-4,10,17H,5-9H2/p+1/b2-1+. The number of piperidine rings is 1. The Morgan fingerprint density at radius 1 is 1.32 bits per heavy atom. The van der Waals surface area contributed by atoms with Gasteiger partial charge in [-0.25, -0.2) is 4.79 Å². The molecule has 0 aromatic heterocycles. The third-order valence-electron chi connectivity index (χ3n) is 3.87. The minimum absolute atomic E-state index is 0.214. The van der Waals surface area contributed by atoms with E-state index in [0.29, 0.717) is 18.1 Å². The second-order valence-electron chi connectivity index (χ2n) is 5.13. The molecule has 2 heterocycles. The summed E-state index contributed by atoms with van der Waals surface area (Å²) in [5.41, 5.74) is 2.80. The molecular formula is C15H17BrNO2+. The molecule has 0 aliphatic carbocycles. The van der Waals surface area contributed by atoms with Crippen LogP contribution in [0.2, 0.25) is 0 Å². The SMILES string of the molecule is O=C1OCc2c1ccc(/C=C/C1CC[NH2+]CC1)c2Br. The van der Waals surface area contributed by atoms with Gasteiger partial charge in [0, 0.05) is 22.9 Å². The Balaban J connectivity index is 1.82. The number of benzene rings is 1. The van der Waals surface area contributed by atoms with Gasteiger partial charge in [0.2, 0.25) is 0 Å². The summed E-state index contributed by atoms with van der Waals surface area (Å²) in [7, 11) is 0. The molecule has 100 valence electrons. The number of esters is 1. The molecule has 4 heteroatoms. The summed E-state index contributed by atoms with van der Waals surface area (Å²) < 4.78 is 6.05. The number of ether oxygens (including phenoxy) is 1. The van der Waals surface area contributed by atoms with Crippen LogP contribution in [0.5, 0.6) is 0 Å². The van der Waals surface area contributed by atoms with Crippen LogP contribution in [-0.2, 0) is 11.3 Å². The monoisotopic (exact) mass is 322 g/mol. The van der Waals surface area contributed by atoms with Crippen molar-refractivity contribution in [3.63, 3.8) is 0 Å². The number of quaternary nitrogens is 1. The van der Waals surface area contributed by atoms with Crippen molar-refractivity contribution in [1.82, 2.24) is 0 Å². The van der Waals surface area contributed by atoms with E-state index in [4.69, 9.17) is 4.74 Å². The lowest BCUT2D eigenvalue weighted by atomic mass is 9.96. The minimum atomic E-state index is -0.214. The molecule has 0 spiro atoms. The molecule has 1 fully saturated rings. The molecule has 19 heavy (non-hydrogen) atoms. The van der Waals surface area contributed by atoms with Crippen molar-refractivity contribution in [3.8, 4) is 0 Å². The van der Waals surface area contributed by atoms with Crippen LogP contribution in [-0.4, -0.2) is 19.1 Å². The highest BCUT2D eigenvalue weighted by Crippen LogP contribution is 2.31. The first kappa shape index (κ1) is 12.9. The fraction of sp³-hybridized carbons (Fsp3) is 0.400. The summed E-state index contributed by atoms with van der Waals surface area (Å²) in [5, 5.41) is 2.37. The van der Waals surface area contributed by atoms with Crippen LogP contribution in [0.4, 0.5) is 0 Å². The Morgan fingerprint density at radius 3 is 2.89 bits per heavy atom. The molecule has 0 saturated carbocycles. The van der Waals surface area contributed by atoms with Crippen molar-refractivity contribution < 1.29 is 14.8 Å². The number of hydrogen-bond acceptors (Lipinski definition) is 2. The first-order valence-electron chi connectivity index (χ1n) is 6.74. The number of rotatable bonds is 2. The lowest BCUT2D eigenvalue weighted by molar-refractivity contribution is -0.664. The van der Waals surface area contributed by atoms with Crippen molar-refractivity contribution in [2.24, 2.45) is 5.92 Å². The Labute approximate surface area is 121 Å². The molecule has 3 nitrogen and oxygen atoms in total. The maximum absolute atomic E-state index is 11.5. The van der Waals surface area contributed by atoms with E-state index in [0.717, 1.165) is 15.6 Å². The quantitative estimate of drug-likeness (QED) is 0.847. The lowest BCUT2D eigenvalue weighted by Gasteiger charge is -2.16. The zero-order valence-electron chi connectivity index (χ0n) is 10.7. The van der Waals surface area contributed by atoms with Gasteiger partial charge in [-0.2, -0.15) is 0 Å². The molecule has 0 bridgehead atoms. The van der Waals surface area contributed by atoms with Crippen LogP contribution >= 0.6 is 15.9 Å². The maximum Gasteiger partial charge on any atom is 0.338 e. The van der Waals surface area contributed by atoms with Crippen molar-refractivity contribution in [1.29, 1.82) is 0 Å². The minimum Gasteiger partial charge on any atom is -0.457 e. The third-order valence-corrected chi connectivity index (χ3v) is 4.81. The van der Waals surface area contributed by atoms with E-state index in [1.54, 1.807) is 0 Å². The van der Waals surface area contributed by atoms with Gasteiger partial charge < -0.3 is 10.1 Å². The summed E-state index contributed by atoms with van der Waals surface area (Å²) in [4.78, 5) is 11.5. The zero-order chi connectivity index (χ0) is 13.2. The largest absolute Gasteiger partial charge is 0.457 e. The van der Waals surface area contributed by atoms with Gasteiger partial charge in [-0.3, -0.25) is 0 Å². The highest BCUT2D eigenvalue weighted by Gasteiger charge is 2.24. The van der Waals surface area contributed by atoms with Gasteiger partial charge >= 0.3 is 5.97 Å². The van der Waals surface area contributed by atoms with E-state index in [1.165, 1.54) is 25.9 Å². The van der Waals surface area contributed by atoms with Gasteiger partial charge in [0.05, 0.1) is 18.7 Å². The van der Waals surface area contributed by atoms with Crippen molar-refractivity contribution in [2.75, 3.05) is 13.1 Å². The molecule has 0 amide bonds. The molecule has 0 unspecified atom stereocenters. The number of fused-ring (bicyclic) bond motifs is 1. The van der Waals surface area contributed by atoms with E-state index in [9.17, 15) is 4.79 Å². The molecule has 0 radical (unpaired) electrons. The average Bonchev–Trinajstić information content (AvgIpc) is 2.82. The van der Waals surface area contributed by atoms with Crippen LogP contribution < -0.4 is 5.32 Å². The van der Waals surface area contributed by atoms with E-state index in [-0.39, 0.29) is 5.97 Å². The molecule has 2 N–H and O–H groups in total. The van der Waals surface area contributed by atoms with Gasteiger partial charge in [-0.1, -0.05) is 18.2 Å². The summed E-state index contributed by atoms with van der Waals surface area (Å²) in [5.74, 6) is 0.470. The van der Waals surface area contributed by atoms with Crippen LogP contribution in [0.3, 0.4) is 0 Å². The van der Waals surface area contributed by atoms with E-state index < -0.39 is 0 Å². The van der Waals surface area contributed by atoms with E-state index in [1.807, 2.05) is 12.1 Å². The van der Waals surface area contributed by atoms with Gasteiger partial charge in [-0.15, -0.1) is 0 Å². The fourth-order valence-electron chi connectivity index (χ4n) is 2.70. The van der Waals surface area contributed by atoms with Crippen LogP contribution in [0, 0.1) is 5.92 Å². The molecule has 1 aromatic carbocycles. The number of halogens is 1. The Kier molecular flexibility index (Phi) is 3.71. The van der Waals surface area contributed by atoms with Crippen molar-refractivity contribution in [3.05, 3.63) is 39.4 Å². The first-order valence-corrected chi connectivity index (χ1v) is 7.53. The number of cyclic esters (lactones) is 1. The number of carbonyl (C=O) groups is 1. The van der Waals surface area contributed by atoms with E-state index >= 15 is 0 Å². The Morgan fingerprint density at radius 2 is 2.11 bits per heavy atom. The summed E-state index contributed by atoms with van der Waals surface area (Å²) in [6, 6.07) is 3.85. The fourth-order valence-corrected chi connectivity index (χ4v) is 3.29. The molecule has 3 rings (SSSR count). The smallest absolute Gasteiger partial charge is 0.338 e. The van der Waals surface area contributed by atoms with Crippen LogP contribution in [0.25, 0.3) is 6.08 Å². The first-order chi connectivity index (χ1) is 9.25. The van der Waals surface area contributed by atoms with Crippen LogP contribution in [0.15, 0.2) is 22.7 Å². The van der Waals surface area contributed by atoms with Gasteiger partial charge in [0.15, 0.2) is 0 Å². The molecule has 2 aliphatic heterocycles. The number of nitrogens with two attached hydrogens (primary N) is 1. The molecule has 2 aliphatic rings. The lowest BCUT2D eigenvalue weighted by Crippen LogP contribution is -2.86. The molecular weight excluding hydrogens is 306 g/mol. The number of carbonyl (C=O) groups excluding carboxylic acids is 1. The summed E-state index contributed by atoms with van der Waals surface area (Å²) >= 11 is 3.60. The highest BCUT2D eigenvalue weighted by atomic mass is 79.9. The second-order valence-corrected chi connectivity index (χ2v) is 5.93. The van der Waals surface area contributed by atoms with Gasteiger partial charge in [0.25, 0.3) is 0 Å². The average molecular weight is 323 g/mol. The van der Waals surface area contributed by atoms with E-state index in [2.05, 4.69) is 33.4 Å². The van der Waals surface area contributed by atoms with Gasteiger partial charge in [-0.05, 0) is 33.5 Å². The highest BCUT2D eigenvalue weighted by molar-refractivity contribution is 9.10. The maximum atomic E-state index is 11.5. The molecule has 1 aromatic rings. The van der Waals surface area contributed by atoms with Gasteiger partial charge in [0.1, 0.15) is 6.61 Å². The predicted molar refractivity (Wildman–Crippen MR) is 76.7 cm³/mol. The molecule has 1 saturated heterocycles. The molecule has 0 atom stereocenters. The third kappa shape index (κ3) is 2.60. The predicted octanol–water partition coefficient (Wildman–Crippen LogP) is 2.11.